The second-order valence-electron chi connectivity index (χ2n) is 4.90. The van der Waals surface area contributed by atoms with E-state index in [-0.39, 0.29) is 12.1 Å². The zero-order chi connectivity index (χ0) is 14.5. The zero-order valence-electron chi connectivity index (χ0n) is 11.6. The quantitative estimate of drug-likeness (QED) is 0.880. The first-order chi connectivity index (χ1) is 9.60. The van der Waals surface area contributed by atoms with Gasteiger partial charge in [0.05, 0.1) is 11.6 Å². The van der Waals surface area contributed by atoms with Crippen molar-refractivity contribution < 1.29 is 0 Å². The minimum atomic E-state index is 0.196. The summed E-state index contributed by atoms with van der Waals surface area (Å²) in [6.07, 6.45) is 0. The third-order valence-corrected chi connectivity index (χ3v) is 3.91. The summed E-state index contributed by atoms with van der Waals surface area (Å²) in [7, 11) is 0. The van der Waals surface area contributed by atoms with E-state index in [1.165, 1.54) is 5.56 Å². The van der Waals surface area contributed by atoms with Gasteiger partial charge in [-0.3, -0.25) is 0 Å². The highest BCUT2D eigenvalue weighted by Crippen LogP contribution is 2.21. The summed E-state index contributed by atoms with van der Waals surface area (Å²) < 4.78 is 1.09. The van der Waals surface area contributed by atoms with Gasteiger partial charge in [-0.15, -0.1) is 0 Å². The Morgan fingerprint density at radius 2 is 1.65 bits per heavy atom. The molecule has 3 heteroatoms. The summed E-state index contributed by atoms with van der Waals surface area (Å²) in [5.41, 5.74) is 3.08. The van der Waals surface area contributed by atoms with Crippen LogP contribution < -0.4 is 5.32 Å². The predicted molar refractivity (Wildman–Crippen MR) is 85.3 cm³/mol. The summed E-state index contributed by atoms with van der Waals surface area (Å²) in [6, 6.07) is 18.7. The van der Waals surface area contributed by atoms with E-state index in [4.69, 9.17) is 5.26 Å². The fourth-order valence-corrected chi connectivity index (χ4v) is 2.46. The van der Waals surface area contributed by atoms with Gasteiger partial charge in [0, 0.05) is 16.6 Å². The Hall–Kier alpha value is -1.63. The molecule has 0 fully saturated rings. The SMILES string of the molecule is CC(NC(C)c1cccc(C#N)c1)c1ccc(Br)cc1. The first-order valence-electron chi connectivity index (χ1n) is 6.61. The molecule has 0 aromatic heterocycles. The summed E-state index contributed by atoms with van der Waals surface area (Å²) in [6.45, 7) is 4.26. The molecule has 2 atom stereocenters. The molecule has 0 saturated heterocycles. The van der Waals surface area contributed by atoms with Gasteiger partial charge in [-0.05, 0) is 49.2 Å². The molecule has 2 unspecified atom stereocenters. The number of nitriles is 1. The van der Waals surface area contributed by atoms with Gasteiger partial charge in [-0.25, -0.2) is 0 Å². The van der Waals surface area contributed by atoms with Crippen LogP contribution >= 0.6 is 15.9 Å². The van der Waals surface area contributed by atoms with Gasteiger partial charge >= 0.3 is 0 Å². The molecule has 0 aliphatic rings. The predicted octanol–water partition coefficient (Wildman–Crippen LogP) is 4.73. The fourth-order valence-electron chi connectivity index (χ4n) is 2.20. The molecule has 0 aliphatic heterocycles. The van der Waals surface area contributed by atoms with Gasteiger partial charge in [-0.2, -0.15) is 5.26 Å². The van der Waals surface area contributed by atoms with Crippen molar-refractivity contribution in [3.8, 4) is 6.07 Å². The van der Waals surface area contributed by atoms with Crippen LogP contribution in [0.2, 0.25) is 0 Å². The molecular weight excluding hydrogens is 312 g/mol. The molecule has 2 nitrogen and oxygen atoms in total. The summed E-state index contributed by atoms with van der Waals surface area (Å²) in [5, 5.41) is 12.5. The zero-order valence-corrected chi connectivity index (χ0v) is 13.2. The molecule has 1 N–H and O–H groups in total. The molecular formula is C17H17BrN2. The number of benzene rings is 2. The average Bonchev–Trinajstić information content (AvgIpc) is 2.47. The van der Waals surface area contributed by atoms with E-state index in [1.54, 1.807) is 0 Å². The number of halogens is 1. The maximum atomic E-state index is 8.95. The normalized spacial score (nSPS) is 13.5. The lowest BCUT2D eigenvalue weighted by Gasteiger charge is -2.21. The molecule has 0 amide bonds. The molecule has 2 rings (SSSR count). The van der Waals surface area contributed by atoms with Crippen LogP contribution in [0.4, 0.5) is 0 Å². The van der Waals surface area contributed by atoms with Crippen molar-refractivity contribution in [2.75, 3.05) is 0 Å². The molecule has 0 heterocycles. The Balaban J connectivity index is 2.08. The van der Waals surface area contributed by atoms with Gasteiger partial charge in [0.25, 0.3) is 0 Å². The van der Waals surface area contributed by atoms with Crippen molar-refractivity contribution in [1.82, 2.24) is 5.32 Å². The van der Waals surface area contributed by atoms with Crippen molar-refractivity contribution >= 4 is 15.9 Å². The van der Waals surface area contributed by atoms with Crippen molar-refractivity contribution in [2.45, 2.75) is 25.9 Å². The lowest BCUT2D eigenvalue weighted by Crippen LogP contribution is -2.22. The smallest absolute Gasteiger partial charge is 0.0991 e. The Morgan fingerprint density at radius 1 is 1.00 bits per heavy atom. The first-order valence-corrected chi connectivity index (χ1v) is 7.41. The van der Waals surface area contributed by atoms with Crippen LogP contribution in [0.15, 0.2) is 53.0 Å². The van der Waals surface area contributed by atoms with E-state index >= 15 is 0 Å². The maximum Gasteiger partial charge on any atom is 0.0991 e. The van der Waals surface area contributed by atoms with Gasteiger partial charge in [0.2, 0.25) is 0 Å². The van der Waals surface area contributed by atoms with Crippen LogP contribution in [0.3, 0.4) is 0 Å². The second-order valence-corrected chi connectivity index (χ2v) is 5.81. The van der Waals surface area contributed by atoms with E-state index in [2.05, 4.69) is 65.4 Å². The van der Waals surface area contributed by atoms with Gasteiger partial charge in [0.1, 0.15) is 0 Å². The van der Waals surface area contributed by atoms with Crippen LogP contribution in [0.5, 0.6) is 0 Å². The van der Waals surface area contributed by atoms with Crippen LogP contribution in [0.25, 0.3) is 0 Å². The van der Waals surface area contributed by atoms with E-state index < -0.39 is 0 Å². The van der Waals surface area contributed by atoms with Crippen molar-refractivity contribution in [2.24, 2.45) is 0 Å². The molecule has 2 aromatic carbocycles. The third kappa shape index (κ3) is 3.69. The van der Waals surface area contributed by atoms with E-state index in [0.29, 0.717) is 5.56 Å². The average molecular weight is 329 g/mol. The molecule has 20 heavy (non-hydrogen) atoms. The van der Waals surface area contributed by atoms with Crippen LogP contribution in [-0.2, 0) is 0 Å². The highest BCUT2D eigenvalue weighted by Gasteiger charge is 2.11. The molecule has 0 spiro atoms. The van der Waals surface area contributed by atoms with Crippen LogP contribution in [0, 0.1) is 11.3 Å². The fraction of sp³-hybridized carbons (Fsp3) is 0.235. The number of nitrogens with one attached hydrogen (secondary N) is 1. The Morgan fingerprint density at radius 3 is 2.30 bits per heavy atom. The minimum Gasteiger partial charge on any atom is -0.304 e. The monoisotopic (exact) mass is 328 g/mol. The molecule has 0 saturated carbocycles. The first kappa shape index (κ1) is 14.8. The van der Waals surface area contributed by atoms with Crippen molar-refractivity contribution in [1.29, 1.82) is 5.26 Å². The minimum absolute atomic E-state index is 0.196. The number of hydrogen-bond donors (Lipinski definition) is 1. The number of hydrogen-bond acceptors (Lipinski definition) is 2. The molecule has 0 radical (unpaired) electrons. The van der Waals surface area contributed by atoms with Gasteiger partial charge in [0.15, 0.2) is 0 Å². The van der Waals surface area contributed by atoms with Gasteiger partial charge in [-0.1, -0.05) is 40.2 Å². The van der Waals surface area contributed by atoms with Crippen molar-refractivity contribution in [3.63, 3.8) is 0 Å². The largest absolute Gasteiger partial charge is 0.304 e. The lowest BCUT2D eigenvalue weighted by atomic mass is 10.0. The van der Waals surface area contributed by atoms with E-state index in [1.807, 2.05) is 24.3 Å². The molecule has 102 valence electrons. The Bertz CT molecular complexity index is 614. The summed E-state index contributed by atoms with van der Waals surface area (Å²) in [4.78, 5) is 0. The standard InChI is InChI=1S/C17H17BrN2/c1-12(15-6-8-17(18)9-7-15)20-13(2)16-5-3-4-14(10-16)11-19/h3-10,12-13,20H,1-2H3. The van der Waals surface area contributed by atoms with Crippen LogP contribution in [0.1, 0.15) is 42.6 Å². The van der Waals surface area contributed by atoms with Gasteiger partial charge < -0.3 is 5.32 Å². The maximum absolute atomic E-state index is 8.95. The Labute approximate surface area is 128 Å². The molecule has 0 aliphatic carbocycles. The third-order valence-electron chi connectivity index (χ3n) is 3.39. The number of rotatable bonds is 4. The second kappa shape index (κ2) is 6.69. The highest BCUT2D eigenvalue weighted by molar-refractivity contribution is 9.10. The van der Waals surface area contributed by atoms with Crippen molar-refractivity contribution in [3.05, 3.63) is 69.7 Å². The van der Waals surface area contributed by atoms with Crippen LogP contribution in [-0.4, -0.2) is 0 Å². The topological polar surface area (TPSA) is 35.8 Å². The molecule has 2 aromatic rings. The van der Waals surface area contributed by atoms with E-state index in [0.717, 1.165) is 10.0 Å². The Kier molecular flexibility index (Phi) is 4.94. The number of nitrogens with zero attached hydrogens (tertiary/aromatic N) is 1. The van der Waals surface area contributed by atoms with E-state index in [9.17, 15) is 0 Å². The lowest BCUT2D eigenvalue weighted by molar-refractivity contribution is 0.494. The molecule has 0 bridgehead atoms. The highest BCUT2D eigenvalue weighted by atomic mass is 79.9. The summed E-state index contributed by atoms with van der Waals surface area (Å²) >= 11 is 3.45. The summed E-state index contributed by atoms with van der Waals surface area (Å²) in [5.74, 6) is 0.